The van der Waals surface area contributed by atoms with E-state index in [4.69, 9.17) is 9.84 Å². The first-order valence-corrected chi connectivity index (χ1v) is 7.82. The topological polar surface area (TPSA) is 104 Å². The lowest BCUT2D eigenvalue weighted by molar-refractivity contribution is -0.152. The van der Waals surface area contributed by atoms with E-state index in [1.807, 2.05) is 0 Å². The fourth-order valence-electron chi connectivity index (χ4n) is 3.92. The lowest BCUT2D eigenvalue weighted by Crippen LogP contribution is -2.50. The average molecular weight is 324 g/mol. The van der Waals surface area contributed by atoms with Crippen LogP contribution in [0.25, 0.3) is 0 Å². The summed E-state index contributed by atoms with van der Waals surface area (Å²) in [5, 5.41) is 8.68. The van der Waals surface area contributed by atoms with E-state index in [1.165, 1.54) is 18.9 Å². The number of carboxylic acids is 1. The van der Waals surface area contributed by atoms with Gasteiger partial charge < -0.3 is 14.7 Å². The van der Waals surface area contributed by atoms with Gasteiger partial charge in [-0.3, -0.25) is 24.1 Å². The second-order valence-corrected chi connectivity index (χ2v) is 6.47. The minimum atomic E-state index is -1.01. The highest BCUT2D eigenvalue weighted by Crippen LogP contribution is 2.48. The molecular formula is C15H20N2O6. The molecule has 126 valence electrons. The van der Waals surface area contributed by atoms with Crippen LogP contribution in [0.3, 0.4) is 0 Å². The van der Waals surface area contributed by atoms with Crippen LogP contribution in [0.4, 0.5) is 0 Å². The second-order valence-electron chi connectivity index (χ2n) is 6.47. The fourth-order valence-corrected chi connectivity index (χ4v) is 3.92. The molecule has 8 heteroatoms. The van der Waals surface area contributed by atoms with E-state index >= 15 is 0 Å². The van der Waals surface area contributed by atoms with Crippen LogP contribution in [0, 0.1) is 11.8 Å². The van der Waals surface area contributed by atoms with Crippen LogP contribution < -0.4 is 0 Å². The summed E-state index contributed by atoms with van der Waals surface area (Å²) >= 11 is 0. The predicted molar refractivity (Wildman–Crippen MR) is 76.1 cm³/mol. The van der Waals surface area contributed by atoms with Crippen molar-refractivity contribution in [3.05, 3.63) is 0 Å². The average Bonchev–Trinajstić information content (AvgIpc) is 3.17. The molecule has 0 saturated carbocycles. The summed E-state index contributed by atoms with van der Waals surface area (Å²) in [5.74, 6) is -3.02. The summed E-state index contributed by atoms with van der Waals surface area (Å²) in [6.45, 7) is 1.55. The molecule has 2 bridgehead atoms. The van der Waals surface area contributed by atoms with Gasteiger partial charge in [0.25, 0.3) is 0 Å². The van der Waals surface area contributed by atoms with Gasteiger partial charge in [0.15, 0.2) is 0 Å². The lowest BCUT2D eigenvalue weighted by Gasteiger charge is -2.27. The molecule has 5 unspecified atom stereocenters. The molecule has 0 aromatic carbocycles. The number of ether oxygens (including phenoxy) is 1. The highest BCUT2D eigenvalue weighted by molar-refractivity contribution is 6.09. The van der Waals surface area contributed by atoms with Crippen LogP contribution in [0.15, 0.2) is 0 Å². The molecule has 3 heterocycles. The summed E-state index contributed by atoms with van der Waals surface area (Å²) in [5.41, 5.74) is 0. The van der Waals surface area contributed by atoms with Crippen molar-refractivity contribution >= 4 is 23.7 Å². The molecule has 1 N–H and O–H groups in total. The van der Waals surface area contributed by atoms with Gasteiger partial charge in [-0.25, -0.2) is 0 Å². The monoisotopic (exact) mass is 324 g/mol. The van der Waals surface area contributed by atoms with Crippen molar-refractivity contribution in [2.75, 3.05) is 13.6 Å². The van der Waals surface area contributed by atoms with Crippen molar-refractivity contribution in [2.45, 2.75) is 44.4 Å². The first-order valence-electron chi connectivity index (χ1n) is 7.82. The van der Waals surface area contributed by atoms with Gasteiger partial charge in [-0.05, 0) is 19.8 Å². The first kappa shape index (κ1) is 15.9. The zero-order valence-corrected chi connectivity index (χ0v) is 13.1. The Morgan fingerprint density at radius 1 is 1.26 bits per heavy atom. The molecule has 23 heavy (non-hydrogen) atoms. The Balaban J connectivity index is 1.71. The van der Waals surface area contributed by atoms with E-state index in [2.05, 4.69) is 0 Å². The molecule has 3 amide bonds. The number of carboxylic acid groups (broad SMARTS) is 1. The van der Waals surface area contributed by atoms with Gasteiger partial charge in [0.05, 0.1) is 30.5 Å². The Bertz CT molecular complexity index is 548. The Morgan fingerprint density at radius 2 is 1.78 bits per heavy atom. The van der Waals surface area contributed by atoms with E-state index in [0.717, 1.165) is 17.7 Å². The second kappa shape index (κ2) is 5.59. The number of rotatable bonds is 5. The van der Waals surface area contributed by atoms with Crippen LogP contribution >= 0.6 is 0 Å². The molecule has 3 rings (SSSR count). The number of hydrogen-bond acceptors (Lipinski definition) is 5. The van der Waals surface area contributed by atoms with E-state index in [0.29, 0.717) is 0 Å². The highest BCUT2D eigenvalue weighted by Gasteiger charge is 2.63. The van der Waals surface area contributed by atoms with Crippen LogP contribution in [-0.2, 0) is 23.9 Å². The van der Waals surface area contributed by atoms with E-state index < -0.39 is 29.8 Å². The highest BCUT2D eigenvalue weighted by atomic mass is 16.5. The number of hydrogen-bond donors (Lipinski definition) is 1. The molecule has 8 nitrogen and oxygen atoms in total. The quantitative estimate of drug-likeness (QED) is 0.682. The number of carbonyl (C=O) groups is 4. The van der Waals surface area contributed by atoms with E-state index in [1.54, 1.807) is 0 Å². The molecule has 0 aromatic heterocycles. The third kappa shape index (κ3) is 2.41. The number of amides is 3. The maximum Gasteiger partial charge on any atom is 0.305 e. The molecule has 3 aliphatic heterocycles. The lowest BCUT2D eigenvalue weighted by atomic mass is 9.81. The van der Waals surface area contributed by atoms with Gasteiger partial charge in [0.2, 0.25) is 17.7 Å². The molecule has 3 fully saturated rings. The van der Waals surface area contributed by atoms with Gasteiger partial charge in [-0.1, -0.05) is 0 Å². The van der Waals surface area contributed by atoms with Crippen LogP contribution in [-0.4, -0.2) is 70.4 Å². The summed E-state index contributed by atoms with van der Waals surface area (Å²) in [6, 6.07) is -0.918. The standard InChI is InChI=1S/C15H20N2O6/c1-7(13(20)16(2)6-5-10(18)19)17-14(21)11-8-3-4-9(23-8)12(11)15(17)22/h7-9,11-12H,3-6H2,1-2H3,(H,18,19). The molecule has 0 radical (unpaired) electrons. The molecule has 3 aliphatic rings. The van der Waals surface area contributed by atoms with Crippen LogP contribution in [0.5, 0.6) is 0 Å². The number of fused-ring (bicyclic) bond motifs is 5. The van der Waals surface area contributed by atoms with Gasteiger partial charge in [-0.2, -0.15) is 0 Å². The van der Waals surface area contributed by atoms with Crippen LogP contribution in [0.1, 0.15) is 26.2 Å². The minimum Gasteiger partial charge on any atom is -0.481 e. The number of likely N-dealkylation sites (N-methyl/N-ethyl adjacent to an activating group) is 1. The zero-order chi connectivity index (χ0) is 16.9. The maximum atomic E-state index is 12.6. The molecule has 0 aromatic rings. The van der Waals surface area contributed by atoms with E-state index in [-0.39, 0.29) is 37.0 Å². The first-order chi connectivity index (χ1) is 10.8. The predicted octanol–water partition coefficient (Wildman–Crippen LogP) is -0.530. The van der Waals surface area contributed by atoms with Crippen molar-refractivity contribution in [3.8, 4) is 0 Å². The molecular weight excluding hydrogens is 304 g/mol. The summed E-state index contributed by atoms with van der Waals surface area (Å²) in [4.78, 5) is 50.5. The zero-order valence-electron chi connectivity index (χ0n) is 13.1. The summed E-state index contributed by atoms with van der Waals surface area (Å²) in [7, 11) is 1.47. The third-order valence-electron chi connectivity index (χ3n) is 5.10. The molecule has 3 saturated heterocycles. The van der Waals surface area contributed by atoms with Gasteiger partial charge in [0.1, 0.15) is 6.04 Å². The van der Waals surface area contributed by atoms with Crippen molar-refractivity contribution in [2.24, 2.45) is 11.8 Å². The normalized spacial score (nSPS) is 33.0. The van der Waals surface area contributed by atoms with Crippen LogP contribution in [0.2, 0.25) is 0 Å². The Morgan fingerprint density at radius 3 is 2.26 bits per heavy atom. The Hall–Kier alpha value is -1.96. The maximum absolute atomic E-state index is 12.6. The fraction of sp³-hybridized carbons (Fsp3) is 0.733. The number of imide groups is 1. The van der Waals surface area contributed by atoms with Gasteiger partial charge >= 0.3 is 5.97 Å². The van der Waals surface area contributed by atoms with Gasteiger partial charge in [0, 0.05) is 13.6 Å². The molecule has 5 atom stereocenters. The SMILES string of the molecule is CC(C(=O)N(C)CCC(=O)O)N1C(=O)C2C3CCC(O3)C2C1=O. The largest absolute Gasteiger partial charge is 0.481 e. The number of aliphatic carboxylic acids is 1. The Labute approximate surface area is 133 Å². The van der Waals surface area contributed by atoms with Gasteiger partial charge in [-0.15, -0.1) is 0 Å². The van der Waals surface area contributed by atoms with Crippen molar-refractivity contribution in [1.82, 2.24) is 9.80 Å². The number of carbonyl (C=O) groups excluding carboxylic acids is 3. The van der Waals surface area contributed by atoms with Crippen molar-refractivity contribution in [1.29, 1.82) is 0 Å². The number of likely N-dealkylation sites (tertiary alicyclic amines) is 1. The molecule has 0 spiro atoms. The molecule has 0 aliphatic carbocycles. The van der Waals surface area contributed by atoms with Crippen molar-refractivity contribution in [3.63, 3.8) is 0 Å². The minimum absolute atomic E-state index is 0.0376. The van der Waals surface area contributed by atoms with Crippen molar-refractivity contribution < 1.29 is 29.0 Å². The smallest absolute Gasteiger partial charge is 0.305 e. The number of nitrogens with zero attached hydrogens (tertiary/aromatic N) is 2. The summed E-state index contributed by atoms with van der Waals surface area (Å²) in [6.07, 6.45) is 0.955. The Kier molecular flexibility index (Phi) is 3.87. The third-order valence-corrected chi connectivity index (χ3v) is 5.10. The summed E-state index contributed by atoms with van der Waals surface area (Å²) < 4.78 is 5.65. The van der Waals surface area contributed by atoms with E-state index in [9.17, 15) is 19.2 Å².